The number of halogens is 2. The van der Waals surface area contributed by atoms with Crippen molar-refractivity contribution >= 4 is 21.6 Å². The summed E-state index contributed by atoms with van der Waals surface area (Å²) in [4.78, 5) is 0. The van der Waals surface area contributed by atoms with Gasteiger partial charge in [0.05, 0.1) is 0 Å². The van der Waals surface area contributed by atoms with E-state index in [-0.39, 0.29) is 5.82 Å². The molecule has 2 aromatic carbocycles. The van der Waals surface area contributed by atoms with Gasteiger partial charge in [-0.25, -0.2) is 4.39 Å². The lowest BCUT2D eigenvalue weighted by molar-refractivity contribution is 0.306. The lowest BCUT2D eigenvalue weighted by Gasteiger charge is -2.07. The SMILES string of the molecule is Nc1cc(Br)cc(OCc2ccc(F)cc2)c1. The molecule has 0 atom stereocenters. The minimum absolute atomic E-state index is 0.250. The van der Waals surface area contributed by atoms with Crippen LogP contribution in [0.25, 0.3) is 0 Å². The van der Waals surface area contributed by atoms with E-state index in [0.717, 1.165) is 10.0 Å². The van der Waals surface area contributed by atoms with E-state index in [2.05, 4.69) is 15.9 Å². The molecule has 88 valence electrons. The van der Waals surface area contributed by atoms with Crippen LogP contribution in [0.1, 0.15) is 5.56 Å². The molecule has 0 aliphatic heterocycles. The first-order valence-corrected chi connectivity index (χ1v) is 5.86. The van der Waals surface area contributed by atoms with E-state index in [1.165, 1.54) is 12.1 Å². The summed E-state index contributed by atoms with van der Waals surface area (Å²) in [6, 6.07) is 11.6. The van der Waals surface area contributed by atoms with Crippen molar-refractivity contribution in [2.24, 2.45) is 0 Å². The largest absolute Gasteiger partial charge is 0.489 e. The molecule has 0 heterocycles. The van der Waals surface area contributed by atoms with Gasteiger partial charge >= 0.3 is 0 Å². The van der Waals surface area contributed by atoms with Gasteiger partial charge in [-0.2, -0.15) is 0 Å². The van der Waals surface area contributed by atoms with Crippen LogP contribution in [-0.4, -0.2) is 0 Å². The fourth-order valence-electron chi connectivity index (χ4n) is 1.42. The monoisotopic (exact) mass is 295 g/mol. The number of anilines is 1. The average Bonchev–Trinajstić information content (AvgIpc) is 2.27. The van der Waals surface area contributed by atoms with Crippen molar-refractivity contribution in [2.75, 3.05) is 5.73 Å². The Bertz CT molecular complexity index is 493. The number of rotatable bonds is 3. The minimum atomic E-state index is -0.250. The zero-order valence-electron chi connectivity index (χ0n) is 8.99. The summed E-state index contributed by atoms with van der Waals surface area (Å²) in [5.74, 6) is 0.432. The van der Waals surface area contributed by atoms with E-state index in [1.54, 1.807) is 24.3 Å². The van der Waals surface area contributed by atoms with E-state index in [9.17, 15) is 4.39 Å². The van der Waals surface area contributed by atoms with Crippen molar-refractivity contribution in [1.82, 2.24) is 0 Å². The van der Waals surface area contributed by atoms with Crippen molar-refractivity contribution in [3.8, 4) is 5.75 Å². The Labute approximate surface area is 107 Å². The molecular formula is C13H11BrFNO. The normalized spacial score (nSPS) is 10.2. The molecule has 17 heavy (non-hydrogen) atoms. The molecule has 0 radical (unpaired) electrons. The zero-order valence-corrected chi connectivity index (χ0v) is 10.6. The molecule has 0 bridgehead atoms. The molecule has 4 heteroatoms. The molecule has 2 N–H and O–H groups in total. The van der Waals surface area contributed by atoms with Crippen molar-refractivity contribution in [3.63, 3.8) is 0 Å². The highest BCUT2D eigenvalue weighted by Gasteiger charge is 1.99. The molecular weight excluding hydrogens is 285 g/mol. The summed E-state index contributed by atoms with van der Waals surface area (Å²) in [5.41, 5.74) is 7.23. The van der Waals surface area contributed by atoms with Gasteiger partial charge in [0.15, 0.2) is 0 Å². The predicted molar refractivity (Wildman–Crippen MR) is 69.3 cm³/mol. The Morgan fingerprint density at radius 1 is 1.12 bits per heavy atom. The predicted octanol–water partition coefficient (Wildman–Crippen LogP) is 3.75. The Balaban J connectivity index is 2.04. The molecule has 0 saturated carbocycles. The van der Waals surface area contributed by atoms with Crippen LogP contribution in [0, 0.1) is 5.82 Å². The number of hydrogen-bond acceptors (Lipinski definition) is 2. The average molecular weight is 296 g/mol. The maximum absolute atomic E-state index is 12.7. The van der Waals surface area contributed by atoms with Gasteiger partial charge in [0, 0.05) is 16.2 Å². The van der Waals surface area contributed by atoms with E-state index in [0.29, 0.717) is 18.0 Å². The quantitative estimate of drug-likeness (QED) is 0.875. The lowest BCUT2D eigenvalue weighted by atomic mass is 10.2. The summed E-state index contributed by atoms with van der Waals surface area (Å²) in [7, 11) is 0. The lowest BCUT2D eigenvalue weighted by Crippen LogP contribution is -1.96. The highest BCUT2D eigenvalue weighted by atomic mass is 79.9. The smallest absolute Gasteiger partial charge is 0.123 e. The first kappa shape index (κ1) is 11.9. The van der Waals surface area contributed by atoms with Crippen LogP contribution in [0.2, 0.25) is 0 Å². The zero-order chi connectivity index (χ0) is 12.3. The molecule has 2 nitrogen and oxygen atoms in total. The van der Waals surface area contributed by atoms with Crippen LogP contribution in [0.3, 0.4) is 0 Å². The van der Waals surface area contributed by atoms with E-state index in [1.807, 2.05) is 6.07 Å². The van der Waals surface area contributed by atoms with Crippen LogP contribution in [0.5, 0.6) is 5.75 Å². The molecule has 0 aromatic heterocycles. The maximum Gasteiger partial charge on any atom is 0.123 e. The van der Waals surface area contributed by atoms with Crippen LogP contribution in [-0.2, 0) is 6.61 Å². The Morgan fingerprint density at radius 3 is 2.47 bits per heavy atom. The molecule has 0 aliphatic rings. The molecule has 2 aromatic rings. The van der Waals surface area contributed by atoms with Gasteiger partial charge < -0.3 is 10.5 Å². The first-order valence-electron chi connectivity index (χ1n) is 5.07. The number of ether oxygens (including phenoxy) is 1. The third-order valence-corrected chi connectivity index (χ3v) is 2.67. The third kappa shape index (κ3) is 3.46. The molecule has 2 rings (SSSR count). The fraction of sp³-hybridized carbons (Fsp3) is 0.0769. The molecule has 0 spiro atoms. The second-order valence-corrected chi connectivity index (χ2v) is 4.55. The minimum Gasteiger partial charge on any atom is -0.489 e. The third-order valence-electron chi connectivity index (χ3n) is 2.21. The van der Waals surface area contributed by atoms with Crippen molar-refractivity contribution < 1.29 is 9.13 Å². The van der Waals surface area contributed by atoms with Gasteiger partial charge in [-0.15, -0.1) is 0 Å². The maximum atomic E-state index is 12.7. The van der Waals surface area contributed by atoms with Crippen LogP contribution in [0.4, 0.5) is 10.1 Å². The van der Waals surface area contributed by atoms with Gasteiger partial charge in [-0.05, 0) is 29.8 Å². The number of benzene rings is 2. The number of hydrogen-bond donors (Lipinski definition) is 1. The summed E-state index contributed by atoms with van der Waals surface area (Å²) in [5, 5.41) is 0. The number of nitrogen functional groups attached to an aromatic ring is 1. The van der Waals surface area contributed by atoms with Crippen molar-refractivity contribution in [1.29, 1.82) is 0 Å². The molecule has 0 saturated heterocycles. The van der Waals surface area contributed by atoms with Crippen LogP contribution >= 0.6 is 15.9 Å². The van der Waals surface area contributed by atoms with Crippen LogP contribution in [0.15, 0.2) is 46.9 Å². The van der Waals surface area contributed by atoms with Gasteiger partial charge in [0.1, 0.15) is 18.2 Å². The van der Waals surface area contributed by atoms with Crippen molar-refractivity contribution in [3.05, 3.63) is 58.3 Å². The second-order valence-electron chi connectivity index (χ2n) is 3.64. The van der Waals surface area contributed by atoms with Gasteiger partial charge in [0.25, 0.3) is 0 Å². The molecule has 0 unspecified atom stereocenters. The van der Waals surface area contributed by atoms with Gasteiger partial charge in [-0.1, -0.05) is 28.1 Å². The molecule has 0 amide bonds. The first-order chi connectivity index (χ1) is 8.13. The van der Waals surface area contributed by atoms with Gasteiger partial charge in [-0.3, -0.25) is 0 Å². The highest BCUT2D eigenvalue weighted by molar-refractivity contribution is 9.10. The van der Waals surface area contributed by atoms with E-state index in [4.69, 9.17) is 10.5 Å². The topological polar surface area (TPSA) is 35.2 Å². The second kappa shape index (κ2) is 5.19. The van der Waals surface area contributed by atoms with E-state index < -0.39 is 0 Å². The number of nitrogens with two attached hydrogens (primary N) is 1. The Kier molecular flexibility index (Phi) is 3.64. The van der Waals surface area contributed by atoms with Gasteiger partial charge in [0.2, 0.25) is 0 Å². The molecule has 0 aliphatic carbocycles. The van der Waals surface area contributed by atoms with E-state index >= 15 is 0 Å². The summed E-state index contributed by atoms with van der Waals surface area (Å²) >= 11 is 3.34. The fourth-order valence-corrected chi connectivity index (χ4v) is 1.90. The Hall–Kier alpha value is -1.55. The summed E-state index contributed by atoms with van der Waals surface area (Å²) < 4.78 is 19.1. The molecule has 0 fully saturated rings. The van der Waals surface area contributed by atoms with Crippen molar-refractivity contribution in [2.45, 2.75) is 6.61 Å². The van der Waals surface area contributed by atoms with Crippen LogP contribution < -0.4 is 10.5 Å². The highest BCUT2D eigenvalue weighted by Crippen LogP contribution is 2.23. The summed E-state index contributed by atoms with van der Waals surface area (Å²) in [6.07, 6.45) is 0. The standard InChI is InChI=1S/C13H11BrFNO/c14-10-5-12(16)7-13(6-10)17-8-9-1-3-11(15)4-2-9/h1-7H,8,16H2. The summed E-state index contributed by atoms with van der Waals surface area (Å²) in [6.45, 7) is 0.385. The Morgan fingerprint density at radius 2 is 1.82 bits per heavy atom.